The van der Waals surface area contributed by atoms with Crippen LogP contribution < -0.4 is 5.32 Å². The average Bonchev–Trinajstić information content (AvgIpc) is 2.22. The lowest BCUT2D eigenvalue weighted by Gasteiger charge is -2.17. The lowest BCUT2D eigenvalue weighted by Crippen LogP contribution is -2.41. The summed E-state index contributed by atoms with van der Waals surface area (Å²) in [5.74, 6) is 0.00108. The number of amides is 2. The minimum atomic E-state index is -0.239. The van der Waals surface area contributed by atoms with Crippen molar-refractivity contribution in [1.29, 1.82) is 0 Å². The van der Waals surface area contributed by atoms with Gasteiger partial charge >= 0.3 is 0 Å². The minimum Gasteiger partial charge on any atom is -0.346 e. The minimum absolute atomic E-state index is 0.0675. The molecule has 0 saturated carbocycles. The molecular formula is C10H19BrN2O2. The van der Waals surface area contributed by atoms with Gasteiger partial charge < -0.3 is 10.2 Å². The summed E-state index contributed by atoms with van der Waals surface area (Å²) in [6.07, 6.45) is 0. The zero-order chi connectivity index (χ0) is 12.0. The summed E-state index contributed by atoms with van der Waals surface area (Å²) >= 11 is 3.27. The van der Waals surface area contributed by atoms with Crippen LogP contribution in [0.4, 0.5) is 0 Å². The van der Waals surface area contributed by atoms with Crippen LogP contribution in [-0.4, -0.2) is 41.7 Å². The molecule has 1 unspecified atom stereocenters. The molecule has 0 aromatic rings. The molecular weight excluding hydrogens is 260 g/mol. The first-order valence-corrected chi connectivity index (χ1v) is 5.97. The Morgan fingerprint density at radius 1 is 1.40 bits per heavy atom. The molecule has 0 bridgehead atoms. The Labute approximate surface area is 99.5 Å². The summed E-state index contributed by atoms with van der Waals surface area (Å²) in [7, 11) is 1.71. The molecule has 0 fully saturated rings. The number of nitrogens with zero attached hydrogens (tertiary/aromatic N) is 1. The Kier molecular flexibility index (Phi) is 6.56. The Bertz CT molecular complexity index is 231. The van der Waals surface area contributed by atoms with E-state index in [1.165, 1.54) is 0 Å². The van der Waals surface area contributed by atoms with E-state index in [0.717, 1.165) is 0 Å². The first kappa shape index (κ1) is 14.4. The fourth-order valence-corrected chi connectivity index (χ4v) is 1.04. The molecule has 2 amide bonds. The maximum Gasteiger partial charge on any atom is 0.241 e. The molecule has 1 N–H and O–H groups in total. The topological polar surface area (TPSA) is 49.4 Å². The second-order valence-corrected chi connectivity index (χ2v) is 4.76. The zero-order valence-electron chi connectivity index (χ0n) is 9.71. The number of rotatable bonds is 5. The number of hydrogen-bond donors (Lipinski definition) is 1. The third-order valence-electron chi connectivity index (χ3n) is 2.15. The van der Waals surface area contributed by atoms with Crippen molar-refractivity contribution in [3.05, 3.63) is 0 Å². The van der Waals surface area contributed by atoms with Gasteiger partial charge in [-0.2, -0.15) is 0 Å². The highest BCUT2D eigenvalue weighted by molar-refractivity contribution is 9.10. The highest BCUT2D eigenvalue weighted by atomic mass is 79.9. The van der Waals surface area contributed by atoms with Gasteiger partial charge in [-0.15, -0.1) is 0 Å². The molecule has 15 heavy (non-hydrogen) atoms. The Morgan fingerprint density at radius 3 is 2.33 bits per heavy atom. The number of halogens is 1. The predicted octanol–water partition coefficient (Wildman–Crippen LogP) is 1.00. The summed E-state index contributed by atoms with van der Waals surface area (Å²) < 4.78 is 0. The summed E-state index contributed by atoms with van der Waals surface area (Å²) in [5.41, 5.74) is 0. The lowest BCUT2D eigenvalue weighted by molar-refractivity contribution is -0.131. The molecule has 0 rings (SSSR count). The number of likely N-dealkylation sites (N-methyl/N-ethyl adjacent to an activating group) is 1. The van der Waals surface area contributed by atoms with Crippen molar-refractivity contribution in [2.75, 3.05) is 20.1 Å². The van der Waals surface area contributed by atoms with Gasteiger partial charge in [-0.1, -0.05) is 29.8 Å². The predicted molar refractivity (Wildman–Crippen MR) is 63.9 cm³/mol. The van der Waals surface area contributed by atoms with Crippen molar-refractivity contribution in [1.82, 2.24) is 10.2 Å². The van der Waals surface area contributed by atoms with Gasteiger partial charge in [-0.3, -0.25) is 9.59 Å². The van der Waals surface area contributed by atoms with Crippen molar-refractivity contribution >= 4 is 27.7 Å². The van der Waals surface area contributed by atoms with E-state index in [1.54, 1.807) is 11.9 Å². The second-order valence-electron chi connectivity index (χ2n) is 3.77. The van der Waals surface area contributed by atoms with Crippen LogP contribution in [0, 0.1) is 5.92 Å². The highest BCUT2D eigenvalue weighted by Gasteiger charge is 2.19. The van der Waals surface area contributed by atoms with Crippen molar-refractivity contribution in [2.45, 2.75) is 25.6 Å². The normalized spacial score (nSPS) is 12.4. The van der Waals surface area contributed by atoms with Gasteiger partial charge in [0.15, 0.2) is 0 Å². The SMILES string of the molecule is CCN(C)C(=O)CNC(=O)C(Br)C(C)C. The fourth-order valence-electron chi connectivity index (χ4n) is 0.874. The molecule has 5 heteroatoms. The Hall–Kier alpha value is -0.580. The van der Waals surface area contributed by atoms with Gasteiger partial charge in [0.05, 0.1) is 11.4 Å². The summed E-state index contributed by atoms with van der Waals surface area (Å²) in [4.78, 5) is 24.2. The molecule has 0 saturated heterocycles. The molecule has 0 heterocycles. The van der Waals surface area contributed by atoms with Crippen LogP contribution in [-0.2, 0) is 9.59 Å². The Balaban J connectivity index is 3.96. The van der Waals surface area contributed by atoms with E-state index in [2.05, 4.69) is 21.2 Å². The molecule has 0 aliphatic rings. The van der Waals surface area contributed by atoms with Crippen LogP contribution in [0.1, 0.15) is 20.8 Å². The van der Waals surface area contributed by atoms with E-state index in [0.29, 0.717) is 6.54 Å². The van der Waals surface area contributed by atoms with Gasteiger partial charge in [0, 0.05) is 13.6 Å². The number of nitrogens with one attached hydrogen (secondary N) is 1. The number of alkyl halides is 1. The lowest BCUT2D eigenvalue weighted by atomic mass is 10.1. The number of carbonyl (C=O) groups is 2. The first-order valence-electron chi connectivity index (χ1n) is 5.05. The van der Waals surface area contributed by atoms with Crippen LogP contribution >= 0.6 is 15.9 Å². The Morgan fingerprint density at radius 2 is 1.93 bits per heavy atom. The smallest absolute Gasteiger partial charge is 0.241 e. The maximum atomic E-state index is 11.5. The van der Waals surface area contributed by atoms with Gasteiger partial charge in [0.2, 0.25) is 11.8 Å². The molecule has 88 valence electrons. The van der Waals surface area contributed by atoms with Crippen LogP contribution in [0.25, 0.3) is 0 Å². The van der Waals surface area contributed by atoms with E-state index in [1.807, 2.05) is 20.8 Å². The molecule has 0 radical (unpaired) electrons. The summed E-state index contributed by atoms with van der Waals surface area (Å²) in [6.45, 7) is 6.49. The molecule has 0 aromatic heterocycles. The fraction of sp³-hybridized carbons (Fsp3) is 0.800. The second kappa shape index (κ2) is 6.82. The largest absolute Gasteiger partial charge is 0.346 e. The molecule has 0 aromatic carbocycles. The van der Waals surface area contributed by atoms with Crippen molar-refractivity contribution in [2.24, 2.45) is 5.92 Å². The molecule has 0 spiro atoms. The van der Waals surface area contributed by atoms with E-state index >= 15 is 0 Å². The maximum absolute atomic E-state index is 11.5. The molecule has 0 aliphatic carbocycles. The third kappa shape index (κ3) is 5.16. The van der Waals surface area contributed by atoms with Gasteiger partial charge in [0.25, 0.3) is 0 Å². The van der Waals surface area contributed by atoms with Crippen LogP contribution in [0.15, 0.2) is 0 Å². The van der Waals surface area contributed by atoms with Crippen molar-refractivity contribution in [3.63, 3.8) is 0 Å². The van der Waals surface area contributed by atoms with Crippen LogP contribution in [0.2, 0.25) is 0 Å². The van der Waals surface area contributed by atoms with Gasteiger partial charge in [0.1, 0.15) is 0 Å². The zero-order valence-corrected chi connectivity index (χ0v) is 11.3. The van der Waals surface area contributed by atoms with E-state index in [4.69, 9.17) is 0 Å². The van der Waals surface area contributed by atoms with Crippen molar-refractivity contribution < 1.29 is 9.59 Å². The monoisotopic (exact) mass is 278 g/mol. The molecule has 4 nitrogen and oxygen atoms in total. The average molecular weight is 279 g/mol. The van der Waals surface area contributed by atoms with E-state index in [-0.39, 0.29) is 29.1 Å². The molecule has 0 aliphatic heterocycles. The van der Waals surface area contributed by atoms with Crippen LogP contribution in [0.5, 0.6) is 0 Å². The van der Waals surface area contributed by atoms with Crippen molar-refractivity contribution in [3.8, 4) is 0 Å². The molecule has 1 atom stereocenters. The van der Waals surface area contributed by atoms with Gasteiger partial charge in [-0.05, 0) is 12.8 Å². The highest BCUT2D eigenvalue weighted by Crippen LogP contribution is 2.11. The summed E-state index contributed by atoms with van der Waals surface area (Å²) in [5, 5.41) is 2.60. The first-order chi connectivity index (χ1) is 6.90. The number of carbonyl (C=O) groups excluding carboxylic acids is 2. The van der Waals surface area contributed by atoms with E-state index < -0.39 is 0 Å². The van der Waals surface area contributed by atoms with E-state index in [9.17, 15) is 9.59 Å². The summed E-state index contributed by atoms with van der Waals surface area (Å²) in [6, 6.07) is 0. The van der Waals surface area contributed by atoms with Crippen LogP contribution in [0.3, 0.4) is 0 Å². The third-order valence-corrected chi connectivity index (χ3v) is 3.62. The standard InChI is InChI=1S/C10H19BrN2O2/c1-5-13(4)8(14)6-12-10(15)9(11)7(2)3/h7,9H,5-6H2,1-4H3,(H,12,15). The number of hydrogen-bond acceptors (Lipinski definition) is 2. The van der Waals surface area contributed by atoms with Gasteiger partial charge in [-0.25, -0.2) is 0 Å². The quantitative estimate of drug-likeness (QED) is 0.763.